The van der Waals surface area contributed by atoms with Crippen molar-refractivity contribution in [1.29, 1.82) is 0 Å². The van der Waals surface area contributed by atoms with E-state index in [1.54, 1.807) is 11.8 Å². The topological polar surface area (TPSA) is 70.2 Å². The zero-order valence-electron chi connectivity index (χ0n) is 18.2. The second-order valence-corrected chi connectivity index (χ2v) is 8.47. The van der Waals surface area contributed by atoms with E-state index < -0.39 is 5.92 Å². The normalized spacial score (nSPS) is 22.0. The Labute approximate surface area is 187 Å². The van der Waals surface area contributed by atoms with E-state index in [1.165, 1.54) is 5.56 Å². The van der Waals surface area contributed by atoms with Gasteiger partial charge < -0.3 is 19.4 Å². The molecule has 2 aromatic carbocycles. The Bertz CT molecular complexity index is 1060. The summed E-state index contributed by atoms with van der Waals surface area (Å²) in [4.78, 5) is 44.7. The van der Waals surface area contributed by atoms with Crippen LogP contribution in [0, 0.1) is 0 Å². The maximum absolute atomic E-state index is 13.9. The SMILES string of the molecule is CCOC(=O)N1CCN(C(=O)[C@H]2c3ccccc3C(=O)N3CCc4ccccc4[C@@H]23)CC1. The van der Waals surface area contributed by atoms with Crippen molar-refractivity contribution in [2.24, 2.45) is 0 Å². The third kappa shape index (κ3) is 3.32. The Balaban J connectivity index is 1.49. The van der Waals surface area contributed by atoms with Crippen molar-refractivity contribution in [3.8, 4) is 0 Å². The van der Waals surface area contributed by atoms with Gasteiger partial charge in [-0.1, -0.05) is 42.5 Å². The Kier molecular flexibility index (Phi) is 5.33. The smallest absolute Gasteiger partial charge is 0.409 e. The first-order chi connectivity index (χ1) is 15.6. The Morgan fingerprint density at radius 3 is 2.31 bits per heavy atom. The zero-order valence-corrected chi connectivity index (χ0v) is 18.2. The highest BCUT2D eigenvalue weighted by Crippen LogP contribution is 2.46. The first kappa shape index (κ1) is 20.5. The average Bonchev–Trinajstić information content (AvgIpc) is 2.84. The molecule has 0 aromatic heterocycles. The molecule has 2 aromatic rings. The van der Waals surface area contributed by atoms with Crippen molar-refractivity contribution in [3.63, 3.8) is 0 Å². The van der Waals surface area contributed by atoms with Crippen molar-refractivity contribution in [1.82, 2.24) is 14.7 Å². The predicted molar refractivity (Wildman–Crippen MR) is 118 cm³/mol. The number of hydrogen-bond donors (Lipinski definition) is 0. The van der Waals surface area contributed by atoms with E-state index in [1.807, 2.05) is 52.3 Å². The molecule has 1 saturated heterocycles. The van der Waals surface area contributed by atoms with Crippen LogP contribution >= 0.6 is 0 Å². The van der Waals surface area contributed by atoms with Gasteiger partial charge in [0.1, 0.15) is 0 Å². The number of nitrogens with zero attached hydrogens (tertiary/aromatic N) is 3. The summed E-state index contributed by atoms with van der Waals surface area (Å²) < 4.78 is 5.10. The molecule has 0 bridgehead atoms. The molecule has 0 saturated carbocycles. The molecule has 7 nitrogen and oxygen atoms in total. The van der Waals surface area contributed by atoms with E-state index >= 15 is 0 Å². The molecule has 3 aliphatic heterocycles. The molecule has 5 rings (SSSR count). The fraction of sp³-hybridized carbons (Fsp3) is 0.400. The van der Waals surface area contributed by atoms with Crippen LogP contribution in [0.5, 0.6) is 0 Å². The molecule has 0 unspecified atom stereocenters. The standard InChI is InChI=1S/C25H27N3O4/c1-2-32-25(31)27-15-13-26(14-16-27)24(30)21-19-9-5-6-10-20(19)23(29)28-12-11-17-7-3-4-8-18(17)22(21)28/h3-10,21-22H,2,11-16H2,1H3/t21-,22-/m0/s1. The molecular weight excluding hydrogens is 406 g/mol. The average molecular weight is 434 g/mol. The number of benzene rings is 2. The minimum absolute atomic E-state index is 0.00344. The van der Waals surface area contributed by atoms with E-state index in [9.17, 15) is 14.4 Å². The summed E-state index contributed by atoms with van der Waals surface area (Å²) in [5.41, 5.74) is 3.68. The largest absolute Gasteiger partial charge is 0.450 e. The lowest BCUT2D eigenvalue weighted by Gasteiger charge is -2.47. The summed E-state index contributed by atoms with van der Waals surface area (Å²) in [6, 6.07) is 15.3. The minimum atomic E-state index is -0.459. The quantitative estimate of drug-likeness (QED) is 0.730. The molecule has 0 aliphatic carbocycles. The molecule has 0 N–H and O–H groups in total. The number of rotatable bonds is 2. The maximum atomic E-state index is 13.9. The summed E-state index contributed by atoms with van der Waals surface area (Å²) in [5, 5.41) is 0. The number of hydrogen-bond acceptors (Lipinski definition) is 4. The van der Waals surface area contributed by atoms with Crippen molar-refractivity contribution < 1.29 is 19.1 Å². The van der Waals surface area contributed by atoms with Crippen molar-refractivity contribution >= 4 is 17.9 Å². The van der Waals surface area contributed by atoms with Crippen molar-refractivity contribution in [2.45, 2.75) is 25.3 Å². The summed E-state index contributed by atoms with van der Waals surface area (Å²) in [5.74, 6) is -0.448. The molecule has 3 amide bonds. The molecule has 166 valence electrons. The number of ether oxygens (including phenoxy) is 1. The van der Waals surface area contributed by atoms with E-state index in [2.05, 4.69) is 6.07 Å². The first-order valence-electron chi connectivity index (χ1n) is 11.3. The van der Waals surface area contributed by atoms with Crippen LogP contribution in [0.15, 0.2) is 48.5 Å². The lowest BCUT2D eigenvalue weighted by molar-refractivity contribution is -0.136. The van der Waals surface area contributed by atoms with Gasteiger partial charge in [-0.15, -0.1) is 0 Å². The van der Waals surface area contributed by atoms with Crippen LogP contribution in [-0.2, 0) is 16.0 Å². The summed E-state index contributed by atoms with van der Waals surface area (Å²) in [7, 11) is 0. The second-order valence-electron chi connectivity index (χ2n) is 8.47. The van der Waals surface area contributed by atoms with Crippen molar-refractivity contribution in [3.05, 3.63) is 70.8 Å². The predicted octanol–water partition coefficient (Wildman–Crippen LogP) is 2.82. The molecule has 1 fully saturated rings. The minimum Gasteiger partial charge on any atom is -0.450 e. The van der Waals surface area contributed by atoms with Gasteiger partial charge in [0.2, 0.25) is 5.91 Å². The van der Waals surface area contributed by atoms with Gasteiger partial charge >= 0.3 is 6.09 Å². The fourth-order valence-electron chi connectivity index (χ4n) is 5.26. The molecule has 3 aliphatic rings. The number of carbonyl (C=O) groups is 3. The molecule has 7 heteroatoms. The van der Waals surface area contributed by atoms with Gasteiger partial charge in [-0.05, 0) is 36.1 Å². The van der Waals surface area contributed by atoms with Crippen LogP contribution < -0.4 is 0 Å². The highest BCUT2D eigenvalue weighted by molar-refractivity contribution is 6.01. The highest BCUT2D eigenvalue weighted by atomic mass is 16.6. The van der Waals surface area contributed by atoms with Gasteiger partial charge in [0.15, 0.2) is 0 Å². The number of amides is 3. The van der Waals surface area contributed by atoms with Gasteiger partial charge in [-0.3, -0.25) is 9.59 Å². The third-order valence-corrected chi connectivity index (χ3v) is 6.82. The van der Waals surface area contributed by atoms with Crippen LogP contribution in [0.3, 0.4) is 0 Å². The van der Waals surface area contributed by atoms with Gasteiger partial charge in [0.25, 0.3) is 5.91 Å². The molecule has 32 heavy (non-hydrogen) atoms. The van der Waals surface area contributed by atoms with E-state index in [0.717, 1.165) is 17.5 Å². The van der Waals surface area contributed by atoms with E-state index in [4.69, 9.17) is 4.74 Å². The lowest BCUT2D eigenvalue weighted by atomic mass is 9.75. The summed E-state index contributed by atoms with van der Waals surface area (Å²) >= 11 is 0. The van der Waals surface area contributed by atoms with Gasteiger partial charge in [0, 0.05) is 38.3 Å². The number of fused-ring (bicyclic) bond motifs is 4. The van der Waals surface area contributed by atoms with Crippen LogP contribution in [0.4, 0.5) is 4.79 Å². The van der Waals surface area contributed by atoms with Gasteiger partial charge in [-0.2, -0.15) is 0 Å². The molecule has 0 spiro atoms. The molecular formula is C25H27N3O4. The molecule has 2 atom stereocenters. The number of piperazine rings is 1. The summed E-state index contributed by atoms with van der Waals surface area (Å²) in [6.45, 7) is 4.53. The number of carbonyl (C=O) groups excluding carboxylic acids is 3. The second kappa shape index (κ2) is 8.30. The highest BCUT2D eigenvalue weighted by Gasteiger charge is 2.47. The van der Waals surface area contributed by atoms with E-state index in [-0.39, 0.29) is 23.9 Å². The lowest BCUT2D eigenvalue weighted by Crippen LogP contribution is -2.55. The van der Waals surface area contributed by atoms with Crippen LogP contribution in [0.2, 0.25) is 0 Å². The zero-order chi connectivity index (χ0) is 22.2. The monoisotopic (exact) mass is 433 g/mol. The molecule has 3 heterocycles. The van der Waals surface area contributed by atoms with Crippen LogP contribution in [0.1, 0.15) is 45.9 Å². The van der Waals surface area contributed by atoms with Gasteiger partial charge in [-0.25, -0.2) is 4.79 Å². The summed E-state index contributed by atoms with van der Waals surface area (Å²) in [6.07, 6.45) is 0.459. The van der Waals surface area contributed by atoms with Crippen LogP contribution in [-0.4, -0.2) is 71.9 Å². The molecule has 0 radical (unpaired) electrons. The first-order valence-corrected chi connectivity index (χ1v) is 11.3. The Hall–Kier alpha value is -3.35. The Morgan fingerprint density at radius 2 is 1.56 bits per heavy atom. The third-order valence-electron chi connectivity index (χ3n) is 6.82. The Morgan fingerprint density at radius 1 is 0.906 bits per heavy atom. The maximum Gasteiger partial charge on any atom is 0.409 e. The van der Waals surface area contributed by atoms with Gasteiger partial charge in [0.05, 0.1) is 18.6 Å². The van der Waals surface area contributed by atoms with Crippen molar-refractivity contribution in [2.75, 3.05) is 39.3 Å². The van der Waals surface area contributed by atoms with Crippen LogP contribution in [0.25, 0.3) is 0 Å². The fourth-order valence-corrected chi connectivity index (χ4v) is 5.26. The van der Waals surface area contributed by atoms with E-state index in [0.29, 0.717) is 44.9 Å².